The number of carbonyl (C=O) groups excluding carboxylic acids is 2. The van der Waals surface area contributed by atoms with Crippen molar-refractivity contribution in [1.82, 2.24) is 4.90 Å². The van der Waals surface area contributed by atoms with Gasteiger partial charge in [-0.3, -0.25) is 14.4 Å². The van der Waals surface area contributed by atoms with E-state index in [4.69, 9.17) is 5.11 Å². The van der Waals surface area contributed by atoms with Crippen molar-refractivity contribution in [2.24, 2.45) is 0 Å². The van der Waals surface area contributed by atoms with Crippen molar-refractivity contribution in [3.05, 3.63) is 65.0 Å². The molecule has 7 heteroatoms. The summed E-state index contributed by atoms with van der Waals surface area (Å²) in [7, 11) is 0. The maximum absolute atomic E-state index is 14.6. The summed E-state index contributed by atoms with van der Waals surface area (Å²) >= 11 is 0. The Morgan fingerprint density at radius 1 is 1.14 bits per heavy atom. The molecule has 2 aromatic rings. The number of halogens is 1. The number of hydrogen-bond acceptors (Lipinski definition) is 3. The quantitative estimate of drug-likeness (QED) is 0.767. The SMILES string of the molecule is O=C(O)CCCN(Cc1ccccc1)C(=O)c1cc2c(cc1F)NC(=O)CC2. The molecule has 2 N–H and O–H groups in total. The zero-order valence-corrected chi connectivity index (χ0v) is 15.3. The van der Waals surface area contributed by atoms with E-state index in [1.807, 2.05) is 30.3 Å². The first-order chi connectivity index (χ1) is 13.4. The van der Waals surface area contributed by atoms with Gasteiger partial charge in [-0.25, -0.2) is 4.39 Å². The highest BCUT2D eigenvalue weighted by Gasteiger charge is 2.24. The standard InChI is InChI=1S/C21H21FN2O4/c22-17-12-18-15(8-9-19(25)23-18)11-16(17)21(28)24(10-4-7-20(26)27)13-14-5-2-1-3-6-14/h1-3,5-6,11-12H,4,7-10,13H2,(H,23,25)(H,26,27). The molecular formula is C21H21FN2O4. The Morgan fingerprint density at radius 2 is 1.89 bits per heavy atom. The van der Waals surface area contributed by atoms with Gasteiger partial charge in [0.1, 0.15) is 5.82 Å². The molecular weight excluding hydrogens is 363 g/mol. The van der Waals surface area contributed by atoms with Crippen LogP contribution in [-0.4, -0.2) is 34.3 Å². The zero-order valence-electron chi connectivity index (χ0n) is 15.3. The van der Waals surface area contributed by atoms with Crippen molar-refractivity contribution >= 4 is 23.5 Å². The molecule has 0 atom stereocenters. The van der Waals surface area contributed by atoms with Gasteiger partial charge in [0, 0.05) is 31.6 Å². The van der Waals surface area contributed by atoms with Crippen LogP contribution >= 0.6 is 0 Å². The molecule has 146 valence electrons. The lowest BCUT2D eigenvalue weighted by atomic mass is 9.99. The molecule has 2 aromatic carbocycles. The summed E-state index contributed by atoms with van der Waals surface area (Å²) < 4.78 is 14.6. The lowest BCUT2D eigenvalue weighted by Gasteiger charge is -2.24. The Labute approximate surface area is 162 Å². The molecule has 28 heavy (non-hydrogen) atoms. The average molecular weight is 384 g/mol. The highest BCUT2D eigenvalue weighted by molar-refractivity contribution is 5.98. The fourth-order valence-corrected chi connectivity index (χ4v) is 3.21. The minimum Gasteiger partial charge on any atom is -0.481 e. The molecule has 0 saturated carbocycles. The summed E-state index contributed by atoms with van der Waals surface area (Å²) in [6, 6.07) is 11.9. The van der Waals surface area contributed by atoms with Crippen LogP contribution in [0.5, 0.6) is 0 Å². The second-order valence-electron chi connectivity index (χ2n) is 6.75. The maximum atomic E-state index is 14.6. The van der Waals surface area contributed by atoms with Gasteiger partial charge in [0.25, 0.3) is 5.91 Å². The van der Waals surface area contributed by atoms with E-state index in [1.165, 1.54) is 17.0 Å². The lowest BCUT2D eigenvalue weighted by Crippen LogP contribution is -2.33. The third-order valence-corrected chi connectivity index (χ3v) is 4.64. The lowest BCUT2D eigenvalue weighted by molar-refractivity contribution is -0.137. The van der Waals surface area contributed by atoms with Crippen molar-refractivity contribution in [3.8, 4) is 0 Å². The van der Waals surface area contributed by atoms with Gasteiger partial charge in [-0.15, -0.1) is 0 Å². The van der Waals surface area contributed by atoms with Gasteiger partial charge in [0.2, 0.25) is 5.91 Å². The van der Waals surface area contributed by atoms with Crippen LogP contribution in [0, 0.1) is 5.82 Å². The Bertz CT molecular complexity index is 899. The Balaban J connectivity index is 1.85. The van der Waals surface area contributed by atoms with E-state index in [2.05, 4.69) is 5.32 Å². The molecule has 0 fully saturated rings. The van der Waals surface area contributed by atoms with E-state index in [0.717, 1.165) is 11.1 Å². The van der Waals surface area contributed by atoms with E-state index < -0.39 is 17.7 Å². The Hall–Kier alpha value is -3.22. The molecule has 0 aromatic heterocycles. The monoisotopic (exact) mass is 384 g/mol. The van der Waals surface area contributed by atoms with Gasteiger partial charge in [-0.1, -0.05) is 30.3 Å². The summed E-state index contributed by atoms with van der Waals surface area (Å²) in [5.41, 5.74) is 1.92. The van der Waals surface area contributed by atoms with Gasteiger partial charge in [-0.2, -0.15) is 0 Å². The number of hydrogen-bond donors (Lipinski definition) is 2. The molecule has 0 spiro atoms. The van der Waals surface area contributed by atoms with E-state index in [0.29, 0.717) is 18.5 Å². The van der Waals surface area contributed by atoms with Gasteiger partial charge < -0.3 is 15.3 Å². The minimum absolute atomic E-state index is 0.0684. The molecule has 1 aliphatic heterocycles. The summed E-state index contributed by atoms with van der Waals surface area (Å²) in [4.78, 5) is 36.8. The van der Waals surface area contributed by atoms with Crippen LogP contribution < -0.4 is 5.32 Å². The number of benzene rings is 2. The largest absolute Gasteiger partial charge is 0.481 e. The smallest absolute Gasteiger partial charge is 0.303 e. The number of anilines is 1. The third-order valence-electron chi connectivity index (χ3n) is 4.64. The van der Waals surface area contributed by atoms with Crippen molar-refractivity contribution in [1.29, 1.82) is 0 Å². The van der Waals surface area contributed by atoms with Crippen molar-refractivity contribution in [2.75, 3.05) is 11.9 Å². The van der Waals surface area contributed by atoms with Crippen LogP contribution in [0.3, 0.4) is 0 Å². The van der Waals surface area contributed by atoms with Crippen LogP contribution in [0.25, 0.3) is 0 Å². The highest BCUT2D eigenvalue weighted by Crippen LogP contribution is 2.27. The number of carbonyl (C=O) groups is 3. The normalized spacial score (nSPS) is 12.8. The molecule has 0 unspecified atom stereocenters. The summed E-state index contributed by atoms with van der Waals surface area (Å²) in [5.74, 6) is -2.32. The molecule has 1 heterocycles. The Morgan fingerprint density at radius 3 is 2.61 bits per heavy atom. The number of carboxylic acid groups (broad SMARTS) is 1. The van der Waals surface area contributed by atoms with E-state index in [-0.39, 0.29) is 37.4 Å². The fraction of sp³-hybridized carbons (Fsp3) is 0.286. The molecule has 2 amide bonds. The second kappa shape index (κ2) is 8.65. The van der Waals surface area contributed by atoms with E-state index in [1.54, 1.807) is 0 Å². The predicted octanol–water partition coefficient (Wildman–Crippen LogP) is 3.22. The summed E-state index contributed by atoms with van der Waals surface area (Å²) in [6.45, 7) is 0.458. The van der Waals surface area contributed by atoms with E-state index >= 15 is 0 Å². The topological polar surface area (TPSA) is 86.7 Å². The average Bonchev–Trinajstić information content (AvgIpc) is 2.66. The number of rotatable bonds is 7. The van der Waals surface area contributed by atoms with Crippen LogP contribution in [0.15, 0.2) is 42.5 Å². The summed E-state index contributed by atoms with van der Waals surface area (Å²) in [5, 5.41) is 11.5. The van der Waals surface area contributed by atoms with Crippen LogP contribution in [-0.2, 0) is 22.6 Å². The molecule has 0 bridgehead atoms. The molecule has 1 aliphatic rings. The third kappa shape index (κ3) is 4.73. The highest BCUT2D eigenvalue weighted by atomic mass is 19.1. The maximum Gasteiger partial charge on any atom is 0.303 e. The minimum atomic E-state index is -0.942. The Kier molecular flexibility index (Phi) is 6.03. The second-order valence-corrected chi connectivity index (χ2v) is 6.75. The number of amides is 2. The molecule has 6 nitrogen and oxygen atoms in total. The molecule has 3 rings (SSSR count). The summed E-state index contributed by atoms with van der Waals surface area (Å²) in [6.07, 6.45) is 0.936. The molecule has 0 aliphatic carbocycles. The van der Waals surface area contributed by atoms with Gasteiger partial charge in [0.05, 0.1) is 5.56 Å². The van der Waals surface area contributed by atoms with E-state index in [9.17, 15) is 18.8 Å². The first-order valence-corrected chi connectivity index (χ1v) is 9.11. The number of carboxylic acids is 1. The van der Waals surface area contributed by atoms with Crippen molar-refractivity contribution in [2.45, 2.75) is 32.2 Å². The fourth-order valence-electron chi connectivity index (χ4n) is 3.21. The van der Waals surface area contributed by atoms with Crippen LogP contribution in [0.1, 0.15) is 40.7 Å². The van der Waals surface area contributed by atoms with Crippen LogP contribution in [0.2, 0.25) is 0 Å². The number of aryl methyl sites for hydroxylation is 1. The number of nitrogens with one attached hydrogen (secondary N) is 1. The predicted molar refractivity (Wildman–Crippen MR) is 101 cm³/mol. The first kappa shape index (κ1) is 19.5. The van der Waals surface area contributed by atoms with Crippen molar-refractivity contribution in [3.63, 3.8) is 0 Å². The van der Waals surface area contributed by atoms with Crippen molar-refractivity contribution < 1.29 is 23.9 Å². The zero-order chi connectivity index (χ0) is 20.1. The van der Waals surface area contributed by atoms with Gasteiger partial charge >= 0.3 is 5.97 Å². The number of fused-ring (bicyclic) bond motifs is 1. The van der Waals surface area contributed by atoms with Gasteiger partial charge in [-0.05, 0) is 36.1 Å². The van der Waals surface area contributed by atoms with Gasteiger partial charge in [0.15, 0.2) is 0 Å². The number of aliphatic carboxylic acids is 1. The first-order valence-electron chi connectivity index (χ1n) is 9.11. The molecule has 0 radical (unpaired) electrons. The van der Waals surface area contributed by atoms with Crippen LogP contribution in [0.4, 0.5) is 10.1 Å². The molecule has 0 saturated heterocycles. The number of nitrogens with zero attached hydrogens (tertiary/aromatic N) is 1.